The summed E-state index contributed by atoms with van der Waals surface area (Å²) in [7, 11) is -3.73. The van der Waals surface area contributed by atoms with Crippen molar-refractivity contribution >= 4 is 34.0 Å². The minimum absolute atomic E-state index is 0. The summed E-state index contributed by atoms with van der Waals surface area (Å²) < 4.78 is 38.8. The first-order valence-electron chi connectivity index (χ1n) is 5.02. The van der Waals surface area contributed by atoms with Gasteiger partial charge < -0.3 is 5.73 Å². The summed E-state index contributed by atoms with van der Waals surface area (Å²) in [5.74, 6) is -0.690. The second kappa shape index (κ2) is 7.25. The van der Waals surface area contributed by atoms with Gasteiger partial charge in [0, 0.05) is 17.6 Å². The van der Waals surface area contributed by atoms with E-state index in [9.17, 15) is 12.8 Å². The molecule has 0 spiro atoms. The van der Waals surface area contributed by atoms with Crippen molar-refractivity contribution in [3.63, 3.8) is 0 Å². The predicted molar refractivity (Wildman–Crippen MR) is 72.1 cm³/mol. The molecule has 0 aliphatic carbocycles. The van der Waals surface area contributed by atoms with Gasteiger partial charge in [0.2, 0.25) is 10.0 Å². The van der Waals surface area contributed by atoms with Gasteiger partial charge in [-0.3, -0.25) is 0 Å². The van der Waals surface area contributed by atoms with Crippen molar-refractivity contribution in [3.05, 3.63) is 29.0 Å². The molecule has 104 valence electrons. The van der Waals surface area contributed by atoms with Crippen LogP contribution in [0.3, 0.4) is 0 Å². The quantitative estimate of drug-likeness (QED) is 0.871. The van der Waals surface area contributed by atoms with Crippen LogP contribution in [0, 0.1) is 5.82 Å². The third-order valence-electron chi connectivity index (χ3n) is 2.04. The minimum Gasteiger partial charge on any atom is -0.328 e. The largest absolute Gasteiger partial charge is 0.328 e. The zero-order valence-electron chi connectivity index (χ0n) is 9.69. The van der Waals surface area contributed by atoms with Gasteiger partial charge in [0.15, 0.2) is 0 Å². The molecule has 1 unspecified atom stereocenters. The summed E-state index contributed by atoms with van der Waals surface area (Å²) in [6.07, 6.45) is 0.502. The Morgan fingerprint density at radius 3 is 2.56 bits per heavy atom. The molecule has 1 atom stereocenters. The molecule has 4 nitrogen and oxygen atoms in total. The van der Waals surface area contributed by atoms with E-state index >= 15 is 0 Å². The molecular weight excluding hydrogens is 302 g/mol. The molecule has 1 aromatic rings. The Labute approximate surface area is 117 Å². The molecule has 0 saturated heterocycles. The van der Waals surface area contributed by atoms with Gasteiger partial charge in [-0.15, -0.1) is 12.4 Å². The normalized spacial score (nSPS) is 12.9. The highest BCUT2D eigenvalue weighted by Crippen LogP contribution is 2.17. The van der Waals surface area contributed by atoms with Crippen molar-refractivity contribution < 1.29 is 12.8 Å². The fraction of sp³-hybridized carbons (Fsp3) is 0.400. The van der Waals surface area contributed by atoms with Gasteiger partial charge in [0.25, 0.3) is 0 Å². The number of rotatable bonds is 5. The van der Waals surface area contributed by atoms with Gasteiger partial charge in [-0.2, -0.15) is 0 Å². The molecule has 0 bridgehead atoms. The smallest absolute Gasteiger partial charge is 0.240 e. The number of halogens is 3. The molecule has 0 radical (unpaired) electrons. The number of hydrogen-bond donors (Lipinski definition) is 2. The summed E-state index contributed by atoms with van der Waals surface area (Å²) in [6, 6.07) is 3.05. The molecule has 0 aromatic heterocycles. The highest BCUT2D eigenvalue weighted by molar-refractivity contribution is 7.89. The molecule has 0 aliphatic heterocycles. The van der Waals surface area contributed by atoms with Crippen molar-refractivity contribution in [1.29, 1.82) is 0 Å². The van der Waals surface area contributed by atoms with E-state index in [2.05, 4.69) is 4.72 Å². The van der Waals surface area contributed by atoms with Crippen molar-refractivity contribution in [3.8, 4) is 0 Å². The maximum absolute atomic E-state index is 13.0. The summed E-state index contributed by atoms with van der Waals surface area (Å²) in [4.78, 5) is -0.188. The lowest BCUT2D eigenvalue weighted by Crippen LogP contribution is -2.29. The maximum Gasteiger partial charge on any atom is 0.240 e. The summed E-state index contributed by atoms with van der Waals surface area (Å²) in [5.41, 5.74) is 5.49. The zero-order valence-corrected chi connectivity index (χ0v) is 12.1. The lowest BCUT2D eigenvalue weighted by Gasteiger charge is -2.08. The van der Waals surface area contributed by atoms with E-state index in [0.29, 0.717) is 6.42 Å². The first-order valence-corrected chi connectivity index (χ1v) is 6.89. The van der Waals surface area contributed by atoms with Crippen LogP contribution >= 0.6 is 24.0 Å². The molecule has 0 heterocycles. The summed E-state index contributed by atoms with van der Waals surface area (Å²) >= 11 is 5.59. The Morgan fingerprint density at radius 1 is 1.44 bits per heavy atom. The zero-order chi connectivity index (χ0) is 13.1. The Morgan fingerprint density at radius 2 is 2.06 bits per heavy atom. The molecule has 8 heteroatoms. The van der Waals surface area contributed by atoms with E-state index in [4.69, 9.17) is 17.3 Å². The summed E-state index contributed by atoms with van der Waals surface area (Å²) in [6.45, 7) is 1.97. The van der Waals surface area contributed by atoms with Crippen LogP contribution in [-0.4, -0.2) is 21.0 Å². The number of sulfonamides is 1. The average Bonchev–Trinajstić information content (AvgIpc) is 2.14. The van der Waals surface area contributed by atoms with Crippen LogP contribution in [0.25, 0.3) is 0 Å². The van der Waals surface area contributed by atoms with E-state index in [0.717, 1.165) is 12.1 Å². The Balaban J connectivity index is 0.00000289. The Kier molecular flexibility index (Phi) is 7.09. The Bertz CT molecular complexity index is 474. The van der Waals surface area contributed by atoms with Gasteiger partial charge in [-0.05, 0) is 31.5 Å². The minimum atomic E-state index is -3.73. The molecule has 1 rings (SSSR count). The third-order valence-corrected chi connectivity index (χ3v) is 3.70. The molecule has 1 aromatic carbocycles. The van der Waals surface area contributed by atoms with E-state index in [1.807, 2.05) is 0 Å². The van der Waals surface area contributed by atoms with Crippen LogP contribution in [-0.2, 0) is 10.0 Å². The maximum atomic E-state index is 13.0. The lowest BCUT2D eigenvalue weighted by atomic mass is 10.3. The highest BCUT2D eigenvalue weighted by atomic mass is 35.5. The highest BCUT2D eigenvalue weighted by Gasteiger charge is 2.15. The van der Waals surface area contributed by atoms with Gasteiger partial charge in [-0.1, -0.05) is 11.6 Å². The van der Waals surface area contributed by atoms with Crippen molar-refractivity contribution in [1.82, 2.24) is 4.72 Å². The van der Waals surface area contributed by atoms with E-state index in [1.165, 1.54) is 6.07 Å². The van der Waals surface area contributed by atoms with Crippen molar-refractivity contribution in [2.75, 3.05) is 6.54 Å². The van der Waals surface area contributed by atoms with Gasteiger partial charge in [-0.25, -0.2) is 17.5 Å². The van der Waals surface area contributed by atoms with E-state index in [-0.39, 0.29) is 34.9 Å². The van der Waals surface area contributed by atoms with E-state index < -0.39 is 15.8 Å². The molecular formula is C10H15Cl2FN2O2S. The number of nitrogens with one attached hydrogen (secondary N) is 1. The fourth-order valence-electron chi connectivity index (χ4n) is 1.19. The standard InChI is InChI=1S/C10H14ClFN2O2S.ClH/c1-7(13)2-3-14-17(15,16)10-5-8(11)4-9(12)6-10;/h4-7,14H,2-3,13H2,1H3;1H. The summed E-state index contributed by atoms with van der Waals surface area (Å²) in [5, 5.41) is 0.0394. The molecule has 0 amide bonds. The second-order valence-corrected chi connectivity index (χ2v) is 5.97. The van der Waals surface area contributed by atoms with Gasteiger partial charge in [0.1, 0.15) is 5.82 Å². The van der Waals surface area contributed by atoms with Gasteiger partial charge >= 0.3 is 0 Å². The molecule has 0 aliphatic rings. The SMILES string of the molecule is CC(N)CCNS(=O)(=O)c1cc(F)cc(Cl)c1.Cl. The fourth-order valence-corrected chi connectivity index (χ4v) is 2.58. The second-order valence-electron chi connectivity index (χ2n) is 3.77. The number of nitrogens with two attached hydrogens (primary N) is 1. The molecule has 18 heavy (non-hydrogen) atoms. The number of benzene rings is 1. The monoisotopic (exact) mass is 316 g/mol. The average molecular weight is 317 g/mol. The molecule has 0 fully saturated rings. The van der Waals surface area contributed by atoms with Crippen LogP contribution in [0.1, 0.15) is 13.3 Å². The van der Waals surface area contributed by atoms with Crippen LogP contribution in [0.15, 0.2) is 23.1 Å². The van der Waals surface area contributed by atoms with Crippen molar-refractivity contribution in [2.24, 2.45) is 5.73 Å². The van der Waals surface area contributed by atoms with Crippen LogP contribution in [0.4, 0.5) is 4.39 Å². The predicted octanol–water partition coefficient (Wildman–Crippen LogP) is 1.92. The first-order chi connectivity index (χ1) is 7.81. The van der Waals surface area contributed by atoms with Crippen LogP contribution in [0.2, 0.25) is 5.02 Å². The first kappa shape index (κ1) is 17.6. The van der Waals surface area contributed by atoms with Crippen molar-refractivity contribution in [2.45, 2.75) is 24.3 Å². The van der Waals surface area contributed by atoms with Crippen LogP contribution < -0.4 is 10.5 Å². The number of hydrogen-bond acceptors (Lipinski definition) is 3. The lowest BCUT2D eigenvalue weighted by molar-refractivity contribution is 0.569. The molecule has 0 saturated carbocycles. The Hall–Kier alpha value is -0.400. The van der Waals surface area contributed by atoms with Gasteiger partial charge in [0.05, 0.1) is 4.90 Å². The third kappa shape index (κ3) is 5.49. The topological polar surface area (TPSA) is 72.2 Å². The van der Waals surface area contributed by atoms with Crippen LogP contribution in [0.5, 0.6) is 0 Å². The molecule has 3 N–H and O–H groups in total. The van der Waals surface area contributed by atoms with E-state index in [1.54, 1.807) is 6.92 Å².